The zero-order chi connectivity index (χ0) is 16.8. The van der Waals surface area contributed by atoms with E-state index in [0.717, 1.165) is 30.4 Å². The van der Waals surface area contributed by atoms with Gasteiger partial charge in [-0.1, -0.05) is 36.4 Å². The summed E-state index contributed by atoms with van der Waals surface area (Å²) in [5.41, 5.74) is 1.93. The molecule has 126 valence electrons. The quantitative estimate of drug-likeness (QED) is 0.853. The molecule has 0 spiro atoms. The van der Waals surface area contributed by atoms with Crippen LogP contribution in [0.15, 0.2) is 48.7 Å². The number of hydrogen-bond donors (Lipinski definition) is 0. The Bertz CT molecular complexity index is 675. The summed E-state index contributed by atoms with van der Waals surface area (Å²) in [6.07, 6.45) is 4.37. The second-order valence-corrected chi connectivity index (χ2v) is 5.85. The summed E-state index contributed by atoms with van der Waals surface area (Å²) < 4.78 is 10.9. The third-order valence-corrected chi connectivity index (χ3v) is 4.30. The van der Waals surface area contributed by atoms with Gasteiger partial charge in [0, 0.05) is 18.3 Å². The van der Waals surface area contributed by atoms with Crippen molar-refractivity contribution in [2.24, 2.45) is 0 Å². The number of piperidine rings is 1. The number of ether oxygens (including phenoxy) is 2. The van der Waals surface area contributed by atoms with Crippen molar-refractivity contribution in [3.05, 3.63) is 59.8 Å². The molecule has 1 fully saturated rings. The first-order valence-electron chi connectivity index (χ1n) is 8.26. The molecule has 2 heterocycles. The number of carbonyl (C=O) groups is 1. The summed E-state index contributed by atoms with van der Waals surface area (Å²) in [4.78, 5) is 18.7. The number of hydrogen-bond acceptors (Lipinski definition) is 4. The Morgan fingerprint density at radius 2 is 2.04 bits per heavy atom. The highest BCUT2D eigenvalue weighted by atomic mass is 16.6. The van der Waals surface area contributed by atoms with Crippen LogP contribution in [0.3, 0.4) is 0 Å². The topological polar surface area (TPSA) is 51.7 Å². The molecule has 1 aromatic carbocycles. The lowest BCUT2D eigenvalue weighted by molar-refractivity contribution is 0.0672. The Kier molecular flexibility index (Phi) is 5.31. The average Bonchev–Trinajstić information content (AvgIpc) is 2.67. The van der Waals surface area contributed by atoms with E-state index in [-0.39, 0.29) is 18.7 Å². The van der Waals surface area contributed by atoms with Crippen LogP contribution in [0.5, 0.6) is 5.88 Å². The predicted octanol–water partition coefficient (Wildman–Crippen LogP) is 3.95. The van der Waals surface area contributed by atoms with Crippen LogP contribution < -0.4 is 4.74 Å². The normalized spacial score (nSPS) is 17.4. The first-order chi connectivity index (χ1) is 11.8. The minimum Gasteiger partial charge on any atom is -0.481 e. The average molecular weight is 326 g/mol. The van der Waals surface area contributed by atoms with Crippen molar-refractivity contribution in [2.75, 3.05) is 13.7 Å². The Morgan fingerprint density at radius 3 is 2.83 bits per heavy atom. The van der Waals surface area contributed by atoms with Gasteiger partial charge in [-0.3, -0.25) is 0 Å². The van der Waals surface area contributed by atoms with E-state index in [1.165, 1.54) is 0 Å². The minimum atomic E-state index is -0.283. The number of amides is 1. The van der Waals surface area contributed by atoms with Gasteiger partial charge in [-0.05, 0) is 30.9 Å². The van der Waals surface area contributed by atoms with Gasteiger partial charge in [-0.25, -0.2) is 9.78 Å². The molecule has 1 unspecified atom stereocenters. The molecule has 1 aliphatic heterocycles. The molecule has 0 bridgehead atoms. The molecule has 5 heteroatoms. The van der Waals surface area contributed by atoms with E-state index in [1.54, 1.807) is 18.2 Å². The van der Waals surface area contributed by atoms with Crippen molar-refractivity contribution in [1.82, 2.24) is 9.88 Å². The maximum Gasteiger partial charge on any atom is 0.410 e. The molecule has 1 saturated heterocycles. The monoisotopic (exact) mass is 326 g/mol. The van der Waals surface area contributed by atoms with Gasteiger partial charge in [0.15, 0.2) is 0 Å². The van der Waals surface area contributed by atoms with Crippen molar-refractivity contribution in [3.8, 4) is 5.88 Å². The lowest BCUT2D eigenvalue weighted by Gasteiger charge is -2.35. The highest BCUT2D eigenvalue weighted by Gasteiger charge is 2.31. The van der Waals surface area contributed by atoms with E-state index >= 15 is 0 Å². The van der Waals surface area contributed by atoms with Crippen LogP contribution in [0.2, 0.25) is 0 Å². The van der Waals surface area contributed by atoms with E-state index in [4.69, 9.17) is 9.47 Å². The fourth-order valence-electron chi connectivity index (χ4n) is 3.10. The number of aromatic nitrogens is 1. The second-order valence-electron chi connectivity index (χ2n) is 5.85. The van der Waals surface area contributed by atoms with Crippen LogP contribution in [0.4, 0.5) is 4.79 Å². The molecule has 1 aromatic heterocycles. The maximum absolute atomic E-state index is 12.6. The van der Waals surface area contributed by atoms with Crippen molar-refractivity contribution in [3.63, 3.8) is 0 Å². The Hall–Kier alpha value is -2.56. The van der Waals surface area contributed by atoms with Crippen molar-refractivity contribution in [1.29, 1.82) is 0 Å². The number of carbonyl (C=O) groups excluding carboxylic acids is 1. The van der Waals surface area contributed by atoms with Crippen LogP contribution in [-0.2, 0) is 11.3 Å². The molecule has 1 atom stereocenters. The van der Waals surface area contributed by atoms with Crippen LogP contribution in [0, 0.1) is 0 Å². The summed E-state index contributed by atoms with van der Waals surface area (Å²) in [5, 5.41) is 0. The van der Waals surface area contributed by atoms with Gasteiger partial charge in [-0.2, -0.15) is 0 Å². The summed E-state index contributed by atoms with van der Waals surface area (Å²) in [6.45, 7) is 0.976. The first kappa shape index (κ1) is 16.3. The number of methoxy groups -OCH3 is 1. The molecule has 0 radical (unpaired) electrons. The zero-order valence-electron chi connectivity index (χ0n) is 13.9. The summed E-state index contributed by atoms with van der Waals surface area (Å²) in [5.74, 6) is 0.574. The minimum absolute atomic E-state index is 0.0503. The van der Waals surface area contributed by atoms with E-state index in [0.29, 0.717) is 12.4 Å². The number of pyridine rings is 1. The summed E-state index contributed by atoms with van der Waals surface area (Å²) in [7, 11) is 1.60. The second kappa shape index (κ2) is 7.81. The molecule has 3 rings (SSSR count). The molecular formula is C19H22N2O3. The molecule has 24 heavy (non-hydrogen) atoms. The molecule has 1 aliphatic rings. The number of likely N-dealkylation sites (tertiary alicyclic amines) is 1. The Morgan fingerprint density at radius 1 is 1.21 bits per heavy atom. The fraction of sp³-hybridized carbons (Fsp3) is 0.368. The Balaban J connectivity index is 1.73. The van der Waals surface area contributed by atoms with Gasteiger partial charge in [-0.15, -0.1) is 0 Å². The summed E-state index contributed by atoms with van der Waals surface area (Å²) in [6, 6.07) is 13.5. The smallest absolute Gasteiger partial charge is 0.410 e. The van der Waals surface area contributed by atoms with Crippen molar-refractivity contribution >= 4 is 6.09 Å². The van der Waals surface area contributed by atoms with Crippen LogP contribution in [-0.4, -0.2) is 29.6 Å². The van der Waals surface area contributed by atoms with E-state index < -0.39 is 0 Å². The van der Waals surface area contributed by atoms with Crippen LogP contribution in [0.25, 0.3) is 0 Å². The molecule has 5 nitrogen and oxygen atoms in total. The lowest BCUT2D eigenvalue weighted by Crippen LogP contribution is -2.39. The third-order valence-electron chi connectivity index (χ3n) is 4.30. The van der Waals surface area contributed by atoms with Crippen LogP contribution >= 0.6 is 0 Å². The number of benzene rings is 1. The molecule has 0 aliphatic carbocycles. The highest BCUT2D eigenvalue weighted by Crippen LogP contribution is 2.35. The predicted molar refractivity (Wildman–Crippen MR) is 90.7 cm³/mol. The largest absolute Gasteiger partial charge is 0.481 e. The Labute approximate surface area is 142 Å². The van der Waals surface area contributed by atoms with Gasteiger partial charge >= 0.3 is 6.09 Å². The van der Waals surface area contributed by atoms with Crippen molar-refractivity contribution < 1.29 is 14.3 Å². The molecule has 0 N–H and O–H groups in total. The van der Waals surface area contributed by atoms with Gasteiger partial charge < -0.3 is 14.4 Å². The third kappa shape index (κ3) is 3.67. The van der Waals surface area contributed by atoms with Crippen molar-refractivity contribution in [2.45, 2.75) is 31.9 Å². The highest BCUT2D eigenvalue weighted by molar-refractivity contribution is 5.68. The van der Waals surface area contributed by atoms with Gasteiger partial charge in [0.1, 0.15) is 6.61 Å². The molecular weight excluding hydrogens is 304 g/mol. The molecule has 1 amide bonds. The molecule has 0 saturated carbocycles. The maximum atomic E-state index is 12.6. The van der Waals surface area contributed by atoms with Gasteiger partial charge in [0.25, 0.3) is 0 Å². The van der Waals surface area contributed by atoms with Gasteiger partial charge in [0.2, 0.25) is 5.88 Å². The fourth-order valence-corrected chi connectivity index (χ4v) is 3.10. The number of nitrogens with zero attached hydrogens (tertiary/aromatic N) is 2. The van der Waals surface area contributed by atoms with E-state index in [9.17, 15) is 4.79 Å². The standard InChI is InChI=1S/C19H22N2O3/c1-23-18-16(10-7-12-20-18)17-11-5-6-13-21(17)19(22)24-14-15-8-3-2-4-9-15/h2-4,7-10,12,17H,5-6,11,13-14H2,1H3. The van der Waals surface area contributed by atoms with Crippen LogP contribution in [0.1, 0.15) is 36.4 Å². The summed E-state index contributed by atoms with van der Waals surface area (Å²) >= 11 is 0. The van der Waals surface area contributed by atoms with E-state index in [2.05, 4.69) is 4.98 Å². The SMILES string of the molecule is COc1ncccc1C1CCCCN1C(=O)OCc1ccccc1. The number of rotatable bonds is 4. The van der Waals surface area contributed by atoms with E-state index in [1.807, 2.05) is 42.5 Å². The zero-order valence-corrected chi connectivity index (χ0v) is 13.9. The van der Waals surface area contributed by atoms with Gasteiger partial charge in [0.05, 0.1) is 13.2 Å². The molecule has 2 aromatic rings. The first-order valence-corrected chi connectivity index (χ1v) is 8.26. The lowest BCUT2D eigenvalue weighted by atomic mass is 9.96.